The predicted molar refractivity (Wildman–Crippen MR) is 64.2 cm³/mol. The van der Waals surface area contributed by atoms with E-state index in [1.807, 2.05) is 24.2 Å². The van der Waals surface area contributed by atoms with E-state index in [1.54, 1.807) is 0 Å². The topological polar surface area (TPSA) is 40.7 Å². The molecule has 0 aromatic carbocycles. The Morgan fingerprint density at radius 2 is 2.40 bits per heavy atom. The van der Waals surface area contributed by atoms with Crippen LogP contribution in [0.15, 0.2) is 17.6 Å². The molecule has 1 aromatic heterocycles. The fraction of sp³-hybridized carbons (Fsp3) is 0.727. The summed E-state index contributed by atoms with van der Waals surface area (Å²) in [6.07, 6.45) is 9.07. The number of imidazole rings is 1. The second kappa shape index (κ2) is 5.56. The van der Waals surface area contributed by atoms with Gasteiger partial charge in [0.1, 0.15) is 0 Å². The summed E-state index contributed by atoms with van der Waals surface area (Å²) in [6, 6.07) is 0.666. The molecule has 0 aliphatic heterocycles. The van der Waals surface area contributed by atoms with Crippen LogP contribution in [0.3, 0.4) is 0 Å². The molecule has 3 nitrogen and oxygen atoms in total. The van der Waals surface area contributed by atoms with Crippen LogP contribution in [0.2, 0.25) is 0 Å². The van der Waals surface area contributed by atoms with E-state index in [1.165, 1.54) is 25.7 Å². The molecule has 0 amide bonds. The van der Waals surface area contributed by atoms with Gasteiger partial charge in [0.05, 0.1) is 0 Å². The summed E-state index contributed by atoms with van der Waals surface area (Å²) in [4.78, 5) is 7.46. The Hall–Kier alpha value is -0.480. The highest BCUT2D eigenvalue weighted by atomic mass is 32.2. The molecule has 2 unspecified atom stereocenters. The summed E-state index contributed by atoms with van der Waals surface area (Å²) < 4.78 is 0. The molecule has 1 aliphatic carbocycles. The highest BCUT2D eigenvalue weighted by Crippen LogP contribution is 2.31. The largest absolute Gasteiger partial charge is 0.340 e. The van der Waals surface area contributed by atoms with Crippen LogP contribution < -0.4 is 5.32 Å². The number of nitrogens with one attached hydrogen (secondary N) is 2. The zero-order chi connectivity index (χ0) is 10.5. The molecule has 4 heteroatoms. The smallest absolute Gasteiger partial charge is 0.165 e. The maximum atomic E-state index is 4.28. The Kier molecular flexibility index (Phi) is 4.09. The maximum absolute atomic E-state index is 4.28. The van der Waals surface area contributed by atoms with Gasteiger partial charge in [0.25, 0.3) is 0 Å². The third-order valence-electron chi connectivity index (χ3n) is 2.91. The molecule has 15 heavy (non-hydrogen) atoms. The second-order valence-corrected chi connectivity index (χ2v) is 5.23. The molecule has 84 valence electrons. The van der Waals surface area contributed by atoms with Gasteiger partial charge in [-0.25, -0.2) is 4.98 Å². The first kappa shape index (κ1) is 11.0. The van der Waals surface area contributed by atoms with E-state index in [0.29, 0.717) is 11.3 Å². The minimum absolute atomic E-state index is 0.666. The first-order valence-electron chi connectivity index (χ1n) is 5.79. The van der Waals surface area contributed by atoms with Crippen molar-refractivity contribution in [1.29, 1.82) is 0 Å². The number of H-pyrrole nitrogens is 1. The van der Waals surface area contributed by atoms with Gasteiger partial charge >= 0.3 is 0 Å². The van der Waals surface area contributed by atoms with Crippen molar-refractivity contribution in [2.24, 2.45) is 0 Å². The summed E-state index contributed by atoms with van der Waals surface area (Å²) >= 11 is 1.89. The number of rotatable bonds is 4. The molecular formula is C11H19N3S. The summed E-state index contributed by atoms with van der Waals surface area (Å²) in [5.74, 6) is 0. The number of aromatic amines is 1. The van der Waals surface area contributed by atoms with Crippen molar-refractivity contribution in [3.63, 3.8) is 0 Å². The van der Waals surface area contributed by atoms with Crippen LogP contribution >= 0.6 is 11.8 Å². The van der Waals surface area contributed by atoms with E-state index >= 15 is 0 Å². The lowest BCUT2D eigenvalue weighted by atomic mass is 9.95. The van der Waals surface area contributed by atoms with Crippen LogP contribution in [0.4, 0.5) is 0 Å². The fourth-order valence-electron chi connectivity index (χ4n) is 2.19. The average molecular weight is 225 g/mol. The summed E-state index contributed by atoms with van der Waals surface area (Å²) in [7, 11) is 0. The Morgan fingerprint density at radius 3 is 3.13 bits per heavy atom. The molecule has 2 N–H and O–H groups in total. The van der Waals surface area contributed by atoms with Crippen LogP contribution in [-0.2, 0) is 0 Å². The highest BCUT2D eigenvalue weighted by Gasteiger charge is 2.25. The van der Waals surface area contributed by atoms with Crippen LogP contribution in [0.5, 0.6) is 0 Å². The van der Waals surface area contributed by atoms with Crippen LogP contribution in [0.25, 0.3) is 0 Å². The van der Waals surface area contributed by atoms with E-state index in [-0.39, 0.29) is 0 Å². The Balaban J connectivity index is 1.92. The minimum Gasteiger partial charge on any atom is -0.340 e. The van der Waals surface area contributed by atoms with Gasteiger partial charge in [-0.3, -0.25) is 0 Å². The van der Waals surface area contributed by atoms with Crippen molar-refractivity contribution in [3.8, 4) is 0 Å². The lowest BCUT2D eigenvalue weighted by molar-refractivity contribution is 0.390. The SMILES string of the molecule is CCNC1CCCCC1Sc1ncc[nH]1. The van der Waals surface area contributed by atoms with Gasteiger partial charge < -0.3 is 10.3 Å². The molecule has 2 rings (SSSR count). The monoisotopic (exact) mass is 225 g/mol. The normalized spacial score (nSPS) is 26.7. The van der Waals surface area contributed by atoms with Gasteiger partial charge in [-0.1, -0.05) is 31.5 Å². The van der Waals surface area contributed by atoms with Crippen LogP contribution in [-0.4, -0.2) is 27.8 Å². The molecule has 0 spiro atoms. The second-order valence-electron chi connectivity index (χ2n) is 4.00. The van der Waals surface area contributed by atoms with Crippen molar-refractivity contribution in [2.75, 3.05) is 6.54 Å². The predicted octanol–water partition coefficient (Wildman–Crippen LogP) is 2.42. The first-order chi connectivity index (χ1) is 7.40. The van der Waals surface area contributed by atoms with E-state index in [4.69, 9.17) is 0 Å². The number of hydrogen-bond donors (Lipinski definition) is 2. The van der Waals surface area contributed by atoms with E-state index in [2.05, 4.69) is 22.2 Å². The molecule has 1 aliphatic rings. The first-order valence-corrected chi connectivity index (χ1v) is 6.67. The molecule has 0 saturated heterocycles. The lowest BCUT2D eigenvalue weighted by Gasteiger charge is -2.30. The van der Waals surface area contributed by atoms with Gasteiger partial charge in [0.15, 0.2) is 5.16 Å². The molecule has 0 bridgehead atoms. The zero-order valence-corrected chi connectivity index (χ0v) is 10.0. The molecular weight excluding hydrogens is 206 g/mol. The van der Waals surface area contributed by atoms with Crippen molar-refractivity contribution in [3.05, 3.63) is 12.4 Å². The van der Waals surface area contributed by atoms with Crippen LogP contribution in [0, 0.1) is 0 Å². The van der Waals surface area contributed by atoms with Crippen LogP contribution in [0.1, 0.15) is 32.6 Å². The number of thioether (sulfide) groups is 1. The molecule has 1 fully saturated rings. The van der Waals surface area contributed by atoms with Gasteiger partial charge in [0.2, 0.25) is 0 Å². The summed E-state index contributed by atoms with van der Waals surface area (Å²) in [6.45, 7) is 3.25. The third kappa shape index (κ3) is 2.98. The van der Waals surface area contributed by atoms with Gasteiger partial charge in [-0.05, 0) is 19.4 Å². The van der Waals surface area contributed by atoms with Crippen molar-refractivity contribution in [1.82, 2.24) is 15.3 Å². The van der Waals surface area contributed by atoms with Crippen molar-refractivity contribution < 1.29 is 0 Å². The fourth-order valence-corrected chi connectivity index (χ4v) is 3.42. The summed E-state index contributed by atoms with van der Waals surface area (Å²) in [5.41, 5.74) is 0. The third-order valence-corrected chi connectivity index (χ3v) is 4.22. The molecule has 1 saturated carbocycles. The van der Waals surface area contributed by atoms with Gasteiger partial charge in [0, 0.05) is 23.7 Å². The van der Waals surface area contributed by atoms with E-state index in [9.17, 15) is 0 Å². The molecule has 1 heterocycles. The highest BCUT2D eigenvalue weighted by molar-refractivity contribution is 7.99. The number of hydrogen-bond acceptors (Lipinski definition) is 3. The molecule has 1 aromatic rings. The number of aromatic nitrogens is 2. The standard InChI is InChI=1S/C11H19N3S/c1-2-12-9-5-3-4-6-10(9)15-11-13-7-8-14-11/h7-10,12H,2-6H2,1H3,(H,13,14). The minimum atomic E-state index is 0.666. The van der Waals surface area contributed by atoms with E-state index in [0.717, 1.165) is 11.7 Å². The van der Waals surface area contributed by atoms with E-state index < -0.39 is 0 Å². The molecule has 0 radical (unpaired) electrons. The van der Waals surface area contributed by atoms with Crippen molar-refractivity contribution >= 4 is 11.8 Å². The lowest BCUT2D eigenvalue weighted by Crippen LogP contribution is -2.40. The number of nitrogens with zero attached hydrogens (tertiary/aromatic N) is 1. The molecule has 2 atom stereocenters. The summed E-state index contributed by atoms with van der Waals surface area (Å²) in [5, 5.41) is 5.33. The average Bonchev–Trinajstić information content (AvgIpc) is 2.74. The Labute approximate surface area is 95.4 Å². The van der Waals surface area contributed by atoms with Gasteiger partial charge in [-0.15, -0.1) is 0 Å². The Morgan fingerprint density at radius 1 is 1.53 bits per heavy atom. The Bertz CT molecular complexity index is 271. The maximum Gasteiger partial charge on any atom is 0.165 e. The zero-order valence-electron chi connectivity index (χ0n) is 9.20. The quantitative estimate of drug-likeness (QED) is 0.827. The van der Waals surface area contributed by atoms with Gasteiger partial charge in [-0.2, -0.15) is 0 Å². The van der Waals surface area contributed by atoms with Crippen molar-refractivity contribution in [2.45, 2.75) is 49.1 Å².